The first-order chi connectivity index (χ1) is 9.08. The molecule has 4 N–H and O–H groups in total. The van der Waals surface area contributed by atoms with Gasteiger partial charge in [0.25, 0.3) is 0 Å². The van der Waals surface area contributed by atoms with Crippen LogP contribution in [0.1, 0.15) is 18.0 Å². The van der Waals surface area contributed by atoms with Crippen molar-refractivity contribution < 1.29 is 9.53 Å². The van der Waals surface area contributed by atoms with Gasteiger partial charge in [-0.1, -0.05) is 23.2 Å². The fraction of sp³-hybridized carbons (Fsp3) is 0.417. The van der Waals surface area contributed by atoms with Crippen molar-refractivity contribution in [2.24, 2.45) is 5.73 Å². The van der Waals surface area contributed by atoms with Crippen LogP contribution in [-0.4, -0.2) is 25.7 Å². The number of hydrogen-bond donors (Lipinski definition) is 3. The number of carbonyl (C=O) groups excluding carboxylic acids is 1. The molecule has 19 heavy (non-hydrogen) atoms. The van der Waals surface area contributed by atoms with Crippen molar-refractivity contribution in [3.8, 4) is 5.75 Å². The van der Waals surface area contributed by atoms with Crippen LogP contribution >= 0.6 is 23.2 Å². The molecular formula is C12H15Cl2N3O2. The molecule has 1 unspecified atom stereocenters. The van der Waals surface area contributed by atoms with Gasteiger partial charge in [-0.2, -0.15) is 0 Å². The van der Waals surface area contributed by atoms with Crippen molar-refractivity contribution in [1.82, 2.24) is 10.6 Å². The Hall–Kier alpha value is -1.17. The lowest BCUT2D eigenvalue weighted by Gasteiger charge is -2.27. The highest BCUT2D eigenvalue weighted by atomic mass is 35.5. The average Bonchev–Trinajstić information content (AvgIpc) is 2.34. The molecule has 7 heteroatoms. The van der Waals surface area contributed by atoms with Gasteiger partial charge in [0.2, 0.25) is 0 Å². The highest BCUT2D eigenvalue weighted by molar-refractivity contribution is 6.35. The van der Waals surface area contributed by atoms with E-state index in [0.29, 0.717) is 35.5 Å². The molecular weight excluding hydrogens is 289 g/mol. The molecule has 0 saturated carbocycles. The first-order valence-electron chi connectivity index (χ1n) is 5.96. The molecule has 1 atom stereocenters. The topological polar surface area (TPSA) is 76.4 Å². The van der Waals surface area contributed by atoms with Gasteiger partial charge in [0.15, 0.2) is 0 Å². The van der Waals surface area contributed by atoms with Gasteiger partial charge in [-0.3, -0.25) is 0 Å². The van der Waals surface area contributed by atoms with E-state index >= 15 is 0 Å². The number of benzene rings is 1. The largest absolute Gasteiger partial charge is 0.492 e. The van der Waals surface area contributed by atoms with Crippen molar-refractivity contribution >= 4 is 29.2 Å². The van der Waals surface area contributed by atoms with E-state index in [0.717, 1.165) is 12.0 Å². The van der Waals surface area contributed by atoms with E-state index in [1.54, 1.807) is 6.07 Å². The van der Waals surface area contributed by atoms with Crippen LogP contribution in [0.5, 0.6) is 5.75 Å². The molecule has 1 aromatic rings. The maximum Gasteiger partial charge on any atom is 0.312 e. The Morgan fingerprint density at radius 3 is 2.95 bits per heavy atom. The molecule has 0 saturated heterocycles. The summed E-state index contributed by atoms with van der Waals surface area (Å²) in [6.07, 6.45) is 0.820. The third-order valence-electron chi connectivity index (χ3n) is 2.88. The van der Waals surface area contributed by atoms with Crippen LogP contribution in [0.4, 0.5) is 4.79 Å². The molecule has 104 valence electrons. The van der Waals surface area contributed by atoms with Gasteiger partial charge in [0.1, 0.15) is 5.75 Å². The number of nitrogens with one attached hydrogen (secondary N) is 2. The van der Waals surface area contributed by atoms with Crippen LogP contribution in [0.3, 0.4) is 0 Å². The molecule has 5 nitrogen and oxygen atoms in total. The lowest BCUT2D eigenvalue weighted by Crippen LogP contribution is -2.37. The van der Waals surface area contributed by atoms with E-state index in [2.05, 4.69) is 10.6 Å². The molecule has 2 rings (SSSR count). The second-order valence-corrected chi connectivity index (χ2v) is 5.08. The predicted molar refractivity (Wildman–Crippen MR) is 74.9 cm³/mol. The van der Waals surface area contributed by atoms with Crippen LogP contribution in [0.25, 0.3) is 0 Å². The normalized spacial score (nSPS) is 17.5. The van der Waals surface area contributed by atoms with Gasteiger partial charge >= 0.3 is 6.03 Å². The Bertz CT molecular complexity index is 482. The molecule has 0 spiro atoms. The maximum absolute atomic E-state index is 10.6. The summed E-state index contributed by atoms with van der Waals surface area (Å²) >= 11 is 12.1. The summed E-state index contributed by atoms with van der Waals surface area (Å²) in [6.45, 7) is 1.67. The third kappa shape index (κ3) is 3.65. The Balaban J connectivity index is 2.03. The number of ether oxygens (including phenoxy) is 1. The highest BCUT2D eigenvalue weighted by Crippen LogP contribution is 2.39. The monoisotopic (exact) mass is 303 g/mol. The maximum atomic E-state index is 10.6. The average molecular weight is 304 g/mol. The van der Waals surface area contributed by atoms with E-state index in [4.69, 9.17) is 33.7 Å². The van der Waals surface area contributed by atoms with Crippen molar-refractivity contribution in [1.29, 1.82) is 0 Å². The number of carbonyl (C=O) groups is 1. The van der Waals surface area contributed by atoms with Crippen molar-refractivity contribution in [2.45, 2.75) is 12.5 Å². The van der Waals surface area contributed by atoms with Gasteiger partial charge in [0, 0.05) is 36.1 Å². The van der Waals surface area contributed by atoms with Gasteiger partial charge in [-0.15, -0.1) is 0 Å². The second-order valence-electron chi connectivity index (χ2n) is 4.24. The van der Waals surface area contributed by atoms with Crippen molar-refractivity contribution in [3.63, 3.8) is 0 Å². The van der Waals surface area contributed by atoms with Crippen molar-refractivity contribution in [2.75, 3.05) is 19.7 Å². The lowest BCUT2D eigenvalue weighted by atomic mass is 10.0. The summed E-state index contributed by atoms with van der Waals surface area (Å²) in [5, 5.41) is 6.94. The summed E-state index contributed by atoms with van der Waals surface area (Å²) in [5.41, 5.74) is 5.94. The van der Waals surface area contributed by atoms with E-state index in [1.165, 1.54) is 0 Å². The fourth-order valence-electron chi connectivity index (χ4n) is 2.07. The van der Waals surface area contributed by atoms with Gasteiger partial charge in [0.05, 0.1) is 11.6 Å². The lowest BCUT2D eigenvalue weighted by molar-refractivity contribution is 0.245. The molecule has 1 aliphatic rings. The molecule has 0 radical (unpaired) electrons. The van der Waals surface area contributed by atoms with Crippen LogP contribution in [-0.2, 0) is 0 Å². The first kappa shape index (κ1) is 14.2. The van der Waals surface area contributed by atoms with Crippen LogP contribution < -0.4 is 21.1 Å². The second kappa shape index (κ2) is 6.32. The molecule has 1 aromatic carbocycles. The van der Waals surface area contributed by atoms with Crippen LogP contribution in [0.2, 0.25) is 10.0 Å². The standard InChI is InChI=1S/C12H15Cl2N3O2/c13-7-5-8-10(16-2-3-17-12(15)18)1-4-19-11(8)9(14)6-7/h5-6,10,16H,1-4H2,(H3,15,17,18). The Labute approximate surface area is 121 Å². The number of fused-ring (bicyclic) bond motifs is 1. The molecule has 1 heterocycles. The zero-order chi connectivity index (χ0) is 13.8. The van der Waals surface area contributed by atoms with Gasteiger partial charge in [-0.25, -0.2) is 4.79 Å². The third-order valence-corrected chi connectivity index (χ3v) is 3.38. The highest BCUT2D eigenvalue weighted by Gasteiger charge is 2.23. The molecule has 0 aliphatic carbocycles. The molecule has 1 aliphatic heterocycles. The Kier molecular flexibility index (Phi) is 4.74. The Morgan fingerprint density at radius 2 is 2.21 bits per heavy atom. The van der Waals surface area contributed by atoms with Crippen LogP contribution in [0.15, 0.2) is 12.1 Å². The summed E-state index contributed by atoms with van der Waals surface area (Å²) in [5.74, 6) is 0.678. The first-order valence-corrected chi connectivity index (χ1v) is 6.72. The quantitative estimate of drug-likeness (QED) is 0.745. The number of halogens is 2. The van der Waals surface area contributed by atoms with Gasteiger partial charge < -0.3 is 21.1 Å². The minimum atomic E-state index is -0.528. The summed E-state index contributed by atoms with van der Waals surface area (Å²) < 4.78 is 5.56. The van der Waals surface area contributed by atoms with Crippen LogP contribution in [0, 0.1) is 0 Å². The van der Waals surface area contributed by atoms with E-state index < -0.39 is 6.03 Å². The summed E-state index contributed by atoms with van der Waals surface area (Å²) in [7, 11) is 0. The number of amides is 2. The molecule has 0 fully saturated rings. The SMILES string of the molecule is NC(=O)NCCNC1CCOc2c(Cl)cc(Cl)cc21. The zero-order valence-corrected chi connectivity index (χ0v) is 11.7. The van der Waals surface area contributed by atoms with Crippen molar-refractivity contribution in [3.05, 3.63) is 27.7 Å². The number of rotatable bonds is 4. The molecule has 0 aromatic heterocycles. The zero-order valence-electron chi connectivity index (χ0n) is 10.2. The molecule has 0 bridgehead atoms. The predicted octanol–water partition coefficient (Wildman–Crippen LogP) is 2.07. The summed E-state index contributed by atoms with van der Waals surface area (Å²) in [4.78, 5) is 10.6. The number of primary amides is 1. The minimum absolute atomic E-state index is 0.106. The number of hydrogen-bond acceptors (Lipinski definition) is 3. The van der Waals surface area contributed by atoms with E-state index in [9.17, 15) is 4.79 Å². The number of urea groups is 1. The van der Waals surface area contributed by atoms with E-state index in [1.807, 2.05) is 6.07 Å². The van der Waals surface area contributed by atoms with E-state index in [-0.39, 0.29) is 6.04 Å². The Morgan fingerprint density at radius 1 is 1.42 bits per heavy atom. The smallest absolute Gasteiger partial charge is 0.312 e. The molecule has 2 amide bonds. The number of nitrogens with two attached hydrogens (primary N) is 1. The minimum Gasteiger partial charge on any atom is -0.492 e. The van der Waals surface area contributed by atoms with Gasteiger partial charge in [-0.05, 0) is 12.1 Å². The fourth-order valence-corrected chi connectivity index (χ4v) is 2.63. The summed E-state index contributed by atoms with van der Waals surface area (Å²) in [6, 6.07) is 3.09.